The zero-order chi connectivity index (χ0) is 10.8. The van der Waals surface area contributed by atoms with Crippen molar-refractivity contribution >= 4 is 11.6 Å². The van der Waals surface area contributed by atoms with Crippen LogP contribution in [0.25, 0.3) is 0 Å². The first-order valence-electron chi connectivity index (χ1n) is 4.87. The molecule has 0 saturated carbocycles. The van der Waals surface area contributed by atoms with Crippen molar-refractivity contribution in [2.24, 2.45) is 0 Å². The highest BCUT2D eigenvalue weighted by molar-refractivity contribution is 5.95. The minimum atomic E-state index is -0.463. The summed E-state index contributed by atoms with van der Waals surface area (Å²) in [7, 11) is 1.41. The summed E-state index contributed by atoms with van der Waals surface area (Å²) in [5.74, 6) is -0.315. The Labute approximate surface area is 87.5 Å². The first-order valence-corrected chi connectivity index (χ1v) is 4.87. The van der Waals surface area contributed by atoms with Crippen LogP contribution in [-0.4, -0.2) is 19.6 Å². The fourth-order valence-electron chi connectivity index (χ4n) is 1.77. The van der Waals surface area contributed by atoms with E-state index in [4.69, 9.17) is 4.74 Å². The van der Waals surface area contributed by atoms with Gasteiger partial charge in [-0.2, -0.15) is 0 Å². The Kier molecular flexibility index (Phi) is 2.58. The number of amides is 1. The van der Waals surface area contributed by atoms with Crippen molar-refractivity contribution in [2.45, 2.75) is 12.8 Å². The molecule has 0 bridgehead atoms. The van der Waals surface area contributed by atoms with Crippen LogP contribution < -0.4 is 9.64 Å². The van der Waals surface area contributed by atoms with Crippen molar-refractivity contribution in [3.05, 3.63) is 24.0 Å². The summed E-state index contributed by atoms with van der Waals surface area (Å²) in [5.41, 5.74) is 0.317. The third-order valence-electron chi connectivity index (χ3n) is 2.53. The monoisotopic (exact) mass is 209 g/mol. The van der Waals surface area contributed by atoms with Crippen molar-refractivity contribution in [2.75, 3.05) is 18.6 Å². The first-order chi connectivity index (χ1) is 7.24. The van der Waals surface area contributed by atoms with Crippen LogP contribution in [0.5, 0.6) is 5.75 Å². The predicted molar refractivity (Wildman–Crippen MR) is 54.5 cm³/mol. The lowest BCUT2D eigenvalue weighted by Crippen LogP contribution is -2.24. The van der Waals surface area contributed by atoms with E-state index in [1.165, 1.54) is 12.0 Å². The van der Waals surface area contributed by atoms with Crippen LogP contribution in [0.1, 0.15) is 12.8 Å². The van der Waals surface area contributed by atoms with Crippen LogP contribution in [0, 0.1) is 5.82 Å². The highest BCUT2D eigenvalue weighted by Gasteiger charge is 2.25. The zero-order valence-corrected chi connectivity index (χ0v) is 8.50. The molecule has 3 nitrogen and oxygen atoms in total. The Balaban J connectivity index is 2.39. The number of halogens is 1. The van der Waals surface area contributed by atoms with Gasteiger partial charge in [0.05, 0.1) is 12.8 Å². The molecule has 0 spiro atoms. The van der Waals surface area contributed by atoms with E-state index in [-0.39, 0.29) is 11.7 Å². The molecule has 4 heteroatoms. The SMILES string of the molecule is COc1cccc(N2CCCC2=O)c1F. The molecule has 80 valence electrons. The van der Waals surface area contributed by atoms with Crippen LogP contribution in [0.4, 0.5) is 10.1 Å². The maximum absolute atomic E-state index is 13.8. The predicted octanol–water partition coefficient (Wildman–Crippen LogP) is 1.96. The van der Waals surface area contributed by atoms with Gasteiger partial charge in [0.1, 0.15) is 0 Å². The minimum Gasteiger partial charge on any atom is -0.494 e. The van der Waals surface area contributed by atoms with Crippen LogP contribution in [0.3, 0.4) is 0 Å². The fraction of sp³-hybridized carbons (Fsp3) is 0.364. The van der Waals surface area contributed by atoms with Crippen molar-refractivity contribution < 1.29 is 13.9 Å². The zero-order valence-electron chi connectivity index (χ0n) is 8.50. The third kappa shape index (κ3) is 1.67. The number of hydrogen-bond acceptors (Lipinski definition) is 2. The van der Waals surface area contributed by atoms with Crippen molar-refractivity contribution in [1.82, 2.24) is 0 Å². The summed E-state index contributed by atoms with van der Waals surface area (Å²) in [5, 5.41) is 0. The summed E-state index contributed by atoms with van der Waals surface area (Å²) in [6.07, 6.45) is 1.28. The van der Waals surface area contributed by atoms with E-state index in [1.807, 2.05) is 0 Å². The normalized spacial score (nSPS) is 15.9. The molecule has 1 fully saturated rings. The van der Waals surface area contributed by atoms with Crippen LogP contribution in [0.2, 0.25) is 0 Å². The quantitative estimate of drug-likeness (QED) is 0.745. The maximum atomic E-state index is 13.8. The highest BCUT2D eigenvalue weighted by atomic mass is 19.1. The number of hydrogen-bond donors (Lipinski definition) is 0. The van der Waals surface area contributed by atoms with Gasteiger partial charge in [-0.3, -0.25) is 4.79 Å². The number of carbonyl (C=O) groups excluding carboxylic acids is 1. The maximum Gasteiger partial charge on any atom is 0.227 e. The second-order valence-corrected chi connectivity index (χ2v) is 3.44. The largest absolute Gasteiger partial charge is 0.494 e. The fourth-order valence-corrected chi connectivity index (χ4v) is 1.77. The Morgan fingerprint density at radius 1 is 1.47 bits per heavy atom. The third-order valence-corrected chi connectivity index (χ3v) is 2.53. The molecule has 1 amide bonds. The number of carbonyl (C=O) groups is 1. The summed E-state index contributed by atoms with van der Waals surface area (Å²) < 4.78 is 18.6. The summed E-state index contributed by atoms with van der Waals surface area (Å²) in [4.78, 5) is 12.9. The van der Waals surface area contributed by atoms with Gasteiger partial charge in [-0.05, 0) is 18.6 Å². The van der Waals surface area contributed by atoms with E-state index in [9.17, 15) is 9.18 Å². The number of ether oxygens (including phenoxy) is 1. The molecule has 0 aliphatic carbocycles. The highest BCUT2D eigenvalue weighted by Crippen LogP contribution is 2.29. The molecule has 1 aromatic carbocycles. The average Bonchev–Trinajstić information content (AvgIpc) is 2.65. The smallest absolute Gasteiger partial charge is 0.227 e. The van der Waals surface area contributed by atoms with Crippen molar-refractivity contribution in [3.63, 3.8) is 0 Å². The molecule has 1 aromatic rings. The molecule has 1 aliphatic heterocycles. The molecule has 0 atom stereocenters. The number of rotatable bonds is 2. The van der Waals surface area contributed by atoms with E-state index in [2.05, 4.69) is 0 Å². The van der Waals surface area contributed by atoms with E-state index in [1.54, 1.807) is 18.2 Å². The Morgan fingerprint density at radius 2 is 2.27 bits per heavy atom. The molecule has 1 saturated heterocycles. The van der Waals surface area contributed by atoms with Crippen molar-refractivity contribution in [1.29, 1.82) is 0 Å². The molecule has 15 heavy (non-hydrogen) atoms. The molecule has 0 unspecified atom stereocenters. The molecule has 1 heterocycles. The molecule has 0 N–H and O–H groups in total. The molecule has 0 aromatic heterocycles. The standard InChI is InChI=1S/C11H12FNO2/c1-15-9-5-2-4-8(11(9)12)13-7-3-6-10(13)14/h2,4-5H,3,6-7H2,1H3. The van der Waals surface area contributed by atoms with Crippen LogP contribution in [-0.2, 0) is 4.79 Å². The Bertz CT molecular complexity index is 392. The van der Waals surface area contributed by atoms with Crippen LogP contribution >= 0.6 is 0 Å². The molecule has 0 radical (unpaired) electrons. The summed E-state index contributed by atoms with van der Waals surface area (Å²) in [6, 6.07) is 4.82. The van der Waals surface area contributed by atoms with Gasteiger partial charge in [0, 0.05) is 13.0 Å². The number of anilines is 1. The molecular weight excluding hydrogens is 197 g/mol. The van der Waals surface area contributed by atoms with Crippen LogP contribution in [0.15, 0.2) is 18.2 Å². The second kappa shape index (κ2) is 3.88. The topological polar surface area (TPSA) is 29.5 Å². The summed E-state index contributed by atoms with van der Waals surface area (Å²) in [6.45, 7) is 0.586. The van der Waals surface area contributed by atoms with E-state index < -0.39 is 5.82 Å². The lowest BCUT2D eigenvalue weighted by molar-refractivity contribution is -0.117. The van der Waals surface area contributed by atoms with Gasteiger partial charge in [0.2, 0.25) is 5.91 Å². The van der Waals surface area contributed by atoms with Gasteiger partial charge in [-0.1, -0.05) is 6.07 Å². The Morgan fingerprint density at radius 3 is 2.87 bits per heavy atom. The lowest BCUT2D eigenvalue weighted by Gasteiger charge is -2.17. The van der Waals surface area contributed by atoms with Gasteiger partial charge < -0.3 is 9.64 Å². The van der Waals surface area contributed by atoms with Gasteiger partial charge >= 0.3 is 0 Å². The first kappa shape index (κ1) is 9.96. The van der Waals surface area contributed by atoms with E-state index >= 15 is 0 Å². The number of benzene rings is 1. The number of nitrogens with zero attached hydrogens (tertiary/aromatic N) is 1. The lowest BCUT2D eigenvalue weighted by atomic mass is 10.2. The van der Waals surface area contributed by atoms with Gasteiger partial charge in [-0.15, -0.1) is 0 Å². The Hall–Kier alpha value is -1.58. The van der Waals surface area contributed by atoms with Gasteiger partial charge in [0.25, 0.3) is 0 Å². The average molecular weight is 209 g/mol. The van der Waals surface area contributed by atoms with Gasteiger partial charge in [0.15, 0.2) is 11.6 Å². The molecule has 2 rings (SSSR count). The number of methoxy groups -OCH3 is 1. The van der Waals surface area contributed by atoms with E-state index in [0.29, 0.717) is 18.7 Å². The summed E-state index contributed by atoms with van der Waals surface area (Å²) >= 11 is 0. The van der Waals surface area contributed by atoms with Crippen molar-refractivity contribution in [3.8, 4) is 5.75 Å². The molecular formula is C11H12FNO2. The second-order valence-electron chi connectivity index (χ2n) is 3.44. The van der Waals surface area contributed by atoms with Gasteiger partial charge in [-0.25, -0.2) is 4.39 Å². The van der Waals surface area contributed by atoms with E-state index in [0.717, 1.165) is 6.42 Å². The minimum absolute atomic E-state index is 0.0258. The molecule has 1 aliphatic rings.